The highest BCUT2D eigenvalue weighted by molar-refractivity contribution is 7.99. The normalized spacial score (nSPS) is 14.9. The van der Waals surface area contributed by atoms with E-state index < -0.39 is 47.5 Å². The van der Waals surface area contributed by atoms with E-state index in [9.17, 15) is 31.9 Å². The molecular formula is C19H19F5N2O3S. The van der Waals surface area contributed by atoms with Crippen LogP contribution in [-0.2, 0) is 10.4 Å². The van der Waals surface area contributed by atoms with Crippen LogP contribution in [0.5, 0.6) is 0 Å². The van der Waals surface area contributed by atoms with Gasteiger partial charge in [0.1, 0.15) is 17.7 Å². The number of pyridine rings is 1. The first-order chi connectivity index (χ1) is 14.0. The van der Waals surface area contributed by atoms with Crippen molar-refractivity contribution in [3.8, 4) is 11.1 Å². The van der Waals surface area contributed by atoms with Crippen LogP contribution < -0.4 is 5.73 Å². The predicted octanol–water partition coefficient (Wildman–Crippen LogP) is 3.70. The van der Waals surface area contributed by atoms with Gasteiger partial charge in [-0.15, -0.1) is 0 Å². The second-order valence-electron chi connectivity index (χ2n) is 6.51. The van der Waals surface area contributed by atoms with Gasteiger partial charge in [0, 0.05) is 23.4 Å². The van der Waals surface area contributed by atoms with E-state index in [4.69, 9.17) is 10.8 Å². The van der Waals surface area contributed by atoms with Crippen LogP contribution in [0.25, 0.3) is 11.1 Å². The molecule has 1 heterocycles. The number of hydrogen-bond acceptors (Lipinski definition) is 5. The number of nitrogens with two attached hydrogens (primary N) is 1. The molecule has 0 amide bonds. The van der Waals surface area contributed by atoms with Gasteiger partial charge in [-0.05, 0) is 42.5 Å². The standard InChI is InChI=1S/C19H19F5N2O3S/c20-12-2-3-13(14(21)9-12)11-1-4-16(26-10-11)18(29,19(22,23)24)6-8-30-7-5-15(25)17(27)28/h1-4,9-10,15,29H,5-8,25H2,(H,27,28). The van der Waals surface area contributed by atoms with Crippen molar-refractivity contribution in [2.45, 2.75) is 30.7 Å². The SMILES string of the molecule is NC(CCSCCC(O)(c1ccc(-c2ccc(F)cc2F)cn1)C(F)(F)F)C(=O)O. The molecule has 0 saturated carbocycles. The third-order valence-corrected chi connectivity index (χ3v) is 5.41. The summed E-state index contributed by atoms with van der Waals surface area (Å²) in [7, 11) is 0. The molecule has 0 aliphatic carbocycles. The van der Waals surface area contributed by atoms with Crippen LogP contribution in [0.2, 0.25) is 0 Å². The van der Waals surface area contributed by atoms with Gasteiger partial charge in [-0.25, -0.2) is 8.78 Å². The molecule has 164 valence electrons. The smallest absolute Gasteiger partial charge is 0.423 e. The van der Waals surface area contributed by atoms with Crippen LogP contribution in [0.4, 0.5) is 22.0 Å². The summed E-state index contributed by atoms with van der Waals surface area (Å²) in [6.07, 6.45) is -4.70. The fourth-order valence-electron chi connectivity index (χ4n) is 2.59. The van der Waals surface area contributed by atoms with Crippen molar-refractivity contribution in [1.82, 2.24) is 4.98 Å². The summed E-state index contributed by atoms with van der Waals surface area (Å²) in [6, 6.07) is 3.77. The van der Waals surface area contributed by atoms with Crippen molar-refractivity contribution in [3.63, 3.8) is 0 Å². The molecule has 30 heavy (non-hydrogen) atoms. The van der Waals surface area contributed by atoms with Crippen LogP contribution in [0.15, 0.2) is 36.5 Å². The molecule has 0 bridgehead atoms. The molecule has 11 heteroatoms. The molecule has 2 unspecified atom stereocenters. The number of benzene rings is 1. The highest BCUT2D eigenvalue weighted by Gasteiger charge is 2.55. The highest BCUT2D eigenvalue weighted by Crippen LogP contribution is 2.42. The van der Waals surface area contributed by atoms with E-state index in [-0.39, 0.29) is 29.1 Å². The van der Waals surface area contributed by atoms with Crippen molar-refractivity contribution in [2.75, 3.05) is 11.5 Å². The number of carbonyl (C=O) groups is 1. The number of aliphatic hydroxyl groups is 1. The van der Waals surface area contributed by atoms with Gasteiger partial charge in [0.2, 0.25) is 5.60 Å². The van der Waals surface area contributed by atoms with Crippen LogP contribution in [0.3, 0.4) is 0 Å². The lowest BCUT2D eigenvalue weighted by Crippen LogP contribution is -2.43. The first kappa shape index (κ1) is 24.0. The third kappa shape index (κ3) is 5.67. The summed E-state index contributed by atoms with van der Waals surface area (Å²) in [5.74, 6) is -2.82. The van der Waals surface area contributed by atoms with E-state index in [0.29, 0.717) is 6.07 Å². The molecule has 0 spiro atoms. The summed E-state index contributed by atoms with van der Waals surface area (Å²) >= 11 is 1.02. The van der Waals surface area contributed by atoms with E-state index in [1.807, 2.05) is 0 Å². The maximum absolute atomic E-state index is 13.9. The molecule has 1 aromatic heterocycles. The molecule has 0 radical (unpaired) electrons. The summed E-state index contributed by atoms with van der Waals surface area (Å²) < 4.78 is 67.6. The Hall–Kier alpha value is -2.24. The molecule has 0 fully saturated rings. The third-order valence-electron chi connectivity index (χ3n) is 4.40. The topological polar surface area (TPSA) is 96.4 Å². The van der Waals surface area contributed by atoms with E-state index in [2.05, 4.69) is 4.98 Å². The number of nitrogens with zero attached hydrogens (tertiary/aromatic N) is 1. The fraction of sp³-hybridized carbons (Fsp3) is 0.368. The molecule has 0 aliphatic heterocycles. The summed E-state index contributed by atoms with van der Waals surface area (Å²) in [5, 5.41) is 19.0. The van der Waals surface area contributed by atoms with Crippen molar-refractivity contribution < 1.29 is 37.0 Å². The van der Waals surface area contributed by atoms with Crippen molar-refractivity contribution in [1.29, 1.82) is 0 Å². The zero-order chi connectivity index (χ0) is 22.5. The van der Waals surface area contributed by atoms with Gasteiger partial charge >= 0.3 is 12.1 Å². The van der Waals surface area contributed by atoms with Crippen molar-refractivity contribution in [3.05, 3.63) is 53.9 Å². The summed E-state index contributed by atoms with van der Waals surface area (Å²) in [4.78, 5) is 14.3. The van der Waals surface area contributed by atoms with Crippen molar-refractivity contribution in [2.24, 2.45) is 5.73 Å². The number of carboxylic acids is 1. The number of alkyl halides is 3. The molecule has 0 saturated heterocycles. The number of rotatable bonds is 9. The maximum Gasteiger partial charge on any atom is 0.423 e. The predicted molar refractivity (Wildman–Crippen MR) is 102 cm³/mol. The largest absolute Gasteiger partial charge is 0.480 e. The Balaban J connectivity index is 2.13. The Kier molecular flexibility index (Phi) is 7.78. The minimum absolute atomic E-state index is 0.0451. The van der Waals surface area contributed by atoms with Gasteiger partial charge in [-0.3, -0.25) is 9.78 Å². The fourth-order valence-corrected chi connectivity index (χ4v) is 3.66. The molecular weight excluding hydrogens is 431 g/mol. The number of aromatic nitrogens is 1. The monoisotopic (exact) mass is 450 g/mol. The first-order valence-electron chi connectivity index (χ1n) is 8.73. The van der Waals surface area contributed by atoms with Crippen molar-refractivity contribution >= 4 is 17.7 Å². The van der Waals surface area contributed by atoms with E-state index in [1.54, 1.807) is 0 Å². The number of carboxylic acid groups (broad SMARTS) is 1. The molecule has 2 atom stereocenters. The molecule has 2 aromatic rings. The number of halogens is 5. The lowest BCUT2D eigenvalue weighted by molar-refractivity contribution is -0.268. The van der Waals surface area contributed by atoms with Crippen LogP contribution in [0, 0.1) is 11.6 Å². The minimum Gasteiger partial charge on any atom is -0.480 e. The van der Waals surface area contributed by atoms with Crippen LogP contribution >= 0.6 is 11.8 Å². The average Bonchev–Trinajstić information content (AvgIpc) is 2.66. The lowest BCUT2D eigenvalue weighted by atomic mass is 9.94. The first-order valence-corrected chi connectivity index (χ1v) is 9.88. The van der Waals surface area contributed by atoms with Gasteiger partial charge in [0.05, 0.1) is 5.69 Å². The van der Waals surface area contributed by atoms with Crippen LogP contribution in [-0.4, -0.2) is 44.9 Å². The van der Waals surface area contributed by atoms with Gasteiger partial charge < -0.3 is 15.9 Å². The molecule has 4 N–H and O–H groups in total. The molecule has 5 nitrogen and oxygen atoms in total. The Morgan fingerprint density at radius 3 is 2.40 bits per heavy atom. The van der Waals surface area contributed by atoms with Gasteiger partial charge in [-0.1, -0.05) is 6.07 Å². The van der Waals surface area contributed by atoms with E-state index in [0.717, 1.165) is 42.2 Å². The average molecular weight is 450 g/mol. The summed E-state index contributed by atoms with van der Waals surface area (Å²) in [5.41, 5.74) is 1.50. The second-order valence-corrected chi connectivity index (χ2v) is 7.73. The van der Waals surface area contributed by atoms with Gasteiger partial charge in [0.25, 0.3) is 0 Å². The molecule has 2 rings (SSSR count). The Morgan fingerprint density at radius 2 is 1.87 bits per heavy atom. The Bertz CT molecular complexity index is 879. The van der Waals surface area contributed by atoms with E-state index >= 15 is 0 Å². The molecule has 1 aromatic carbocycles. The van der Waals surface area contributed by atoms with Gasteiger partial charge in [-0.2, -0.15) is 24.9 Å². The zero-order valence-electron chi connectivity index (χ0n) is 15.5. The van der Waals surface area contributed by atoms with E-state index in [1.165, 1.54) is 0 Å². The number of hydrogen-bond donors (Lipinski definition) is 3. The summed E-state index contributed by atoms with van der Waals surface area (Å²) in [6.45, 7) is 0. The Morgan fingerprint density at radius 1 is 1.17 bits per heavy atom. The second kappa shape index (κ2) is 9.71. The zero-order valence-corrected chi connectivity index (χ0v) is 16.3. The Labute approximate surface area is 173 Å². The number of aliphatic carboxylic acids is 1. The highest BCUT2D eigenvalue weighted by atomic mass is 32.2. The molecule has 0 aliphatic rings. The van der Waals surface area contributed by atoms with Crippen LogP contribution in [0.1, 0.15) is 18.5 Å². The maximum atomic E-state index is 13.9. The number of thioether (sulfide) groups is 1. The quantitative estimate of drug-likeness (QED) is 0.398. The minimum atomic E-state index is -5.03. The lowest BCUT2D eigenvalue weighted by Gasteiger charge is -2.30. The van der Waals surface area contributed by atoms with Gasteiger partial charge in [0.15, 0.2) is 0 Å².